The minimum absolute atomic E-state index is 0.496. The molecule has 4 aromatic rings. The van der Waals surface area contributed by atoms with Crippen LogP contribution >= 0.6 is 11.3 Å². The lowest BCUT2D eigenvalue weighted by Crippen LogP contribution is -2.00. The number of hydrogen-bond acceptors (Lipinski definition) is 3. The predicted molar refractivity (Wildman–Crippen MR) is 96.0 cm³/mol. The van der Waals surface area contributed by atoms with E-state index in [1.54, 1.807) is 23.7 Å². The lowest BCUT2D eigenvalue weighted by Gasteiger charge is -2.07. The second-order valence-electron chi connectivity index (χ2n) is 5.98. The number of fused-ring (bicyclic) bond motifs is 1. The van der Waals surface area contributed by atoms with Crippen LogP contribution in [0.3, 0.4) is 0 Å². The van der Waals surface area contributed by atoms with Gasteiger partial charge < -0.3 is 0 Å². The minimum atomic E-state index is -2.86. The molecule has 0 unspecified atom stereocenters. The summed E-state index contributed by atoms with van der Waals surface area (Å²) in [5.41, 5.74) is 2.05. The van der Waals surface area contributed by atoms with Crippen LogP contribution in [-0.4, -0.2) is 14.8 Å². The summed E-state index contributed by atoms with van der Waals surface area (Å²) in [7, 11) is 0. The van der Waals surface area contributed by atoms with E-state index in [1.807, 2.05) is 17.7 Å². The number of thiophene rings is 1. The Morgan fingerprint density at radius 3 is 2.65 bits per heavy atom. The monoisotopic (exact) mass is 373 g/mol. The van der Waals surface area contributed by atoms with E-state index in [-0.39, 0.29) is 0 Å². The number of hydrogen-bond donors (Lipinski definition) is 0. The van der Waals surface area contributed by atoms with Crippen LogP contribution in [0.2, 0.25) is 0 Å². The van der Waals surface area contributed by atoms with Crippen molar-refractivity contribution in [3.8, 4) is 11.1 Å². The second-order valence-corrected chi connectivity index (χ2v) is 7.35. The zero-order valence-electron chi connectivity index (χ0n) is 13.8. The number of pyridine rings is 1. The fraction of sp³-hybridized carbons (Fsp3) is 0.158. The normalized spacial score (nSPS) is 11.6. The molecule has 0 aliphatic rings. The zero-order chi connectivity index (χ0) is 18.3. The molecule has 0 fully saturated rings. The molecule has 0 spiro atoms. The van der Waals surface area contributed by atoms with Gasteiger partial charge in [-0.25, -0.2) is 13.2 Å². The van der Waals surface area contributed by atoms with Gasteiger partial charge in [0.1, 0.15) is 11.3 Å². The summed E-state index contributed by atoms with van der Waals surface area (Å²) in [5.74, 6) is -0.907. The summed E-state index contributed by atoms with van der Waals surface area (Å²) in [6.45, 7) is 2.66. The maximum Gasteiger partial charge on any atom is 0.266 e. The van der Waals surface area contributed by atoms with Crippen molar-refractivity contribution in [1.29, 1.82) is 0 Å². The summed E-state index contributed by atoms with van der Waals surface area (Å²) in [6, 6.07) is 9.67. The van der Waals surface area contributed by atoms with Gasteiger partial charge in [-0.3, -0.25) is 9.67 Å². The van der Waals surface area contributed by atoms with Gasteiger partial charge in [-0.05, 0) is 42.8 Å². The van der Waals surface area contributed by atoms with Crippen LogP contribution in [0, 0.1) is 12.7 Å². The van der Waals surface area contributed by atoms with Gasteiger partial charge in [0, 0.05) is 21.5 Å². The first kappa shape index (κ1) is 16.8. The Morgan fingerprint density at radius 1 is 1.08 bits per heavy atom. The topological polar surface area (TPSA) is 30.7 Å². The van der Waals surface area contributed by atoms with Crippen LogP contribution in [-0.2, 0) is 6.54 Å². The van der Waals surface area contributed by atoms with Crippen molar-refractivity contribution in [2.45, 2.75) is 19.9 Å². The van der Waals surface area contributed by atoms with E-state index < -0.39 is 17.8 Å². The predicted octanol–water partition coefficient (Wildman–Crippen LogP) is 5.59. The highest BCUT2D eigenvalue weighted by molar-refractivity contribution is 7.11. The lowest BCUT2D eigenvalue weighted by molar-refractivity contribution is 0.146. The van der Waals surface area contributed by atoms with Crippen LogP contribution in [0.15, 0.2) is 48.8 Å². The molecule has 0 aliphatic heterocycles. The highest BCUT2D eigenvalue weighted by atomic mass is 32.1. The molecule has 132 valence electrons. The summed E-state index contributed by atoms with van der Waals surface area (Å²) >= 11 is 1.70. The standard InChI is InChI=1S/C19H14F3N3S/c1-11-2-4-14(26-11)10-25-18-7-13(8-23-17(18)9-24-25)12-3-5-16(20)15(6-12)19(21)22/h2-9,19H,10H2,1H3. The molecule has 1 aromatic carbocycles. The van der Waals surface area contributed by atoms with E-state index in [2.05, 4.69) is 22.2 Å². The molecule has 0 saturated heterocycles. The maximum atomic E-state index is 13.5. The van der Waals surface area contributed by atoms with E-state index in [1.165, 1.54) is 21.9 Å². The Hall–Kier alpha value is -2.67. The van der Waals surface area contributed by atoms with Gasteiger partial charge >= 0.3 is 0 Å². The fourth-order valence-electron chi connectivity index (χ4n) is 2.85. The Bertz CT molecular complexity index is 1080. The first-order chi connectivity index (χ1) is 12.5. The van der Waals surface area contributed by atoms with Gasteiger partial charge in [-0.2, -0.15) is 5.10 Å². The van der Waals surface area contributed by atoms with Crippen LogP contribution in [0.4, 0.5) is 13.2 Å². The Kier molecular flexibility index (Phi) is 4.24. The molecule has 4 rings (SSSR count). The van der Waals surface area contributed by atoms with E-state index in [0.717, 1.165) is 17.1 Å². The molecule has 0 N–H and O–H groups in total. The van der Waals surface area contributed by atoms with Crippen molar-refractivity contribution in [1.82, 2.24) is 14.8 Å². The van der Waals surface area contributed by atoms with Crippen LogP contribution in [0.5, 0.6) is 0 Å². The number of halogens is 3. The number of nitrogens with zero attached hydrogens (tertiary/aromatic N) is 3. The Morgan fingerprint density at radius 2 is 1.92 bits per heavy atom. The molecule has 0 atom stereocenters. The minimum Gasteiger partial charge on any atom is -0.258 e. The van der Waals surface area contributed by atoms with E-state index >= 15 is 0 Å². The zero-order valence-corrected chi connectivity index (χ0v) is 14.6. The molecule has 0 amide bonds. The smallest absolute Gasteiger partial charge is 0.258 e. The van der Waals surface area contributed by atoms with E-state index in [0.29, 0.717) is 17.7 Å². The van der Waals surface area contributed by atoms with Gasteiger partial charge in [0.2, 0.25) is 0 Å². The number of rotatable bonds is 4. The number of alkyl halides is 2. The quantitative estimate of drug-likeness (QED) is 0.467. The molecule has 7 heteroatoms. The van der Waals surface area contributed by atoms with Crippen LogP contribution in [0.25, 0.3) is 22.2 Å². The number of aryl methyl sites for hydroxylation is 1. The third-order valence-corrected chi connectivity index (χ3v) is 5.15. The highest BCUT2D eigenvalue weighted by Gasteiger charge is 2.15. The molecule has 0 bridgehead atoms. The molecule has 0 aliphatic carbocycles. The van der Waals surface area contributed by atoms with Crippen LogP contribution < -0.4 is 0 Å². The second kappa shape index (κ2) is 6.57. The maximum absolute atomic E-state index is 13.5. The van der Waals surface area contributed by atoms with Crippen LogP contribution in [0.1, 0.15) is 21.7 Å². The molecule has 0 saturated carbocycles. The molecule has 26 heavy (non-hydrogen) atoms. The van der Waals surface area contributed by atoms with Gasteiger partial charge in [-0.15, -0.1) is 11.3 Å². The SMILES string of the molecule is Cc1ccc(Cn2ncc3ncc(-c4ccc(F)c(C(F)F)c4)cc32)s1. The average Bonchev–Trinajstić information content (AvgIpc) is 3.21. The molecular weight excluding hydrogens is 359 g/mol. The summed E-state index contributed by atoms with van der Waals surface area (Å²) in [6.07, 6.45) is 0.403. The Labute approximate surface area is 151 Å². The average molecular weight is 373 g/mol. The van der Waals surface area contributed by atoms with Crippen molar-refractivity contribution in [2.75, 3.05) is 0 Å². The highest BCUT2D eigenvalue weighted by Crippen LogP contribution is 2.29. The lowest BCUT2D eigenvalue weighted by atomic mass is 10.0. The van der Waals surface area contributed by atoms with Crippen molar-refractivity contribution in [3.63, 3.8) is 0 Å². The van der Waals surface area contributed by atoms with Crippen molar-refractivity contribution in [2.24, 2.45) is 0 Å². The Balaban J connectivity index is 1.75. The fourth-order valence-corrected chi connectivity index (χ4v) is 3.72. The molecule has 3 nitrogen and oxygen atoms in total. The van der Waals surface area contributed by atoms with Gasteiger partial charge in [0.05, 0.1) is 23.8 Å². The number of benzene rings is 1. The molecule has 0 radical (unpaired) electrons. The van der Waals surface area contributed by atoms with Crippen molar-refractivity contribution < 1.29 is 13.2 Å². The largest absolute Gasteiger partial charge is 0.266 e. The first-order valence-electron chi connectivity index (χ1n) is 7.96. The van der Waals surface area contributed by atoms with E-state index in [9.17, 15) is 13.2 Å². The summed E-state index contributed by atoms with van der Waals surface area (Å²) in [4.78, 5) is 6.75. The summed E-state index contributed by atoms with van der Waals surface area (Å²) < 4.78 is 41.3. The van der Waals surface area contributed by atoms with Gasteiger partial charge in [-0.1, -0.05) is 6.07 Å². The first-order valence-corrected chi connectivity index (χ1v) is 8.78. The molecule has 3 heterocycles. The third-order valence-electron chi connectivity index (χ3n) is 4.16. The number of aromatic nitrogens is 3. The van der Waals surface area contributed by atoms with Crippen molar-refractivity contribution >= 4 is 22.4 Å². The van der Waals surface area contributed by atoms with Crippen molar-refractivity contribution in [3.05, 3.63) is 69.9 Å². The third kappa shape index (κ3) is 3.10. The molecular formula is C19H14F3N3S. The van der Waals surface area contributed by atoms with Gasteiger partial charge in [0.25, 0.3) is 6.43 Å². The van der Waals surface area contributed by atoms with E-state index in [4.69, 9.17) is 0 Å². The molecule has 3 aromatic heterocycles. The summed E-state index contributed by atoms with van der Waals surface area (Å²) in [5, 5.41) is 4.38. The van der Waals surface area contributed by atoms with Gasteiger partial charge in [0.15, 0.2) is 0 Å².